The third-order valence-corrected chi connectivity index (χ3v) is 5.96. The lowest BCUT2D eigenvalue weighted by atomic mass is 9.98. The maximum atomic E-state index is 14.4. The second-order valence-corrected chi connectivity index (χ2v) is 7.97. The average molecular weight is 453 g/mol. The van der Waals surface area contributed by atoms with Gasteiger partial charge in [0.1, 0.15) is 11.5 Å². The van der Waals surface area contributed by atoms with Crippen molar-refractivity contribution in [3.05, 3.63) is 53.7 Å². The number of nitrogens with zero attached hydrogens (tertiary/aromatic N) is 6. The fraction of sp³-hybridized carbons (Fsp3) is 0.318. The van der Waals surface area contributed by atoms with Crippen molar-refractivity contribution >= 4 is 17.3 Å². The number of pyridine rings is 1. The molecular formula is C22H21F2N7O2. The molecule has 5 rings (SSSR count). The third kappa shape index (κ3) is 3.95. The number of nitrogen functional groups attached to an aromatic ring is 1. The van der Waals surface area contributed by atoms with Gasteiger partial charge in [-0.3, -0.25) is 4.79 Å². The minimum Gasteiger partial charge on any atom is -0.383 e. The summed E-state index contributed by atoms with van der Waals surface area (Å²) in [4.78, 5) is 18.7. The Kier molecular flexibility index (Phi) is 5.55. The molecule has 4 heterocycles. The molecule has 2 N–H and O–H groups in total. The lowest BCUT2D eigenvalue weighted by Gasteiger charge is -2.28. The Balaban J connectivity index is 1.43. The van der Waals surface area contributed by atoms with Crippen molar-refractivity contribution in [2.75, 3.05) is 32.0 Å². The molecule has 2 aliphatic rings. The highest BCUT2D eigenvalue weighted by atomic mass is 19.2. The summed E-state index contributed by atoms with van der Waals surface area (Å²) >= 11 is 0. The number of rotatable bonds is 4. The number of halogens is 2. The van der Waals surface area contributed by atoms with E-state index in [2.05, 4.69) is 20.5 Å². The van der Waals surface area contributed by atoms with E-state index in [0.717, 1.165) is 28.3 Å². The highest BCUT2D eigenvalue weighted by Gasteiger charge is 2.29. The quantitative estimate of drug-likeness (QED) is 0.645. The van der Waals surface area contributed by atoms with Gasteiger partial charge in [-0.2, -0.15) is 4.68 Å². The molecule has 11 heteroatoms. The zero-order valence-electron chi connectivity index (χ0n) is 17.6. The Morgan fingerprint density at radius 1 is 1.27 bits per heavy atom. The predicted molar refractivity (Wildman–Crippen MR) is 115 cm³/mol. The van der Waals surface area contributed by atoms with E-state index < -0.39 is 11.6 Å². The van der Waals surface area contributed by atoms with E-state index in [9.17, 15) is 13.6 Å². The van der Waals surface area contributed by atoms with E-state index in [1.807, 2.05) is 11.0 Å². The molecule has 0 bridgehead atoms. The zero-order valence-corrected chi connectivity index (χ0v) is 17.6. The largest absolute Gasteiger partial charge is 0.383 e. The topological polar surface area (TPSA) is 112 Å². The molecule has 1 saturated heterocycles. The number of nitrogens with two attached hydrogens (primary N) is 1. The number of tetrazole rings is 1. The molecule has 1 fully saturated rings. The first-order valence-electron chi connectivity index (χ1n) is 10.6. The molecule has 0 radical (unpaired) electrons. The highest BCUT2D eigenvalue weighted by molar-refractivity contribution is 5.81. The second-order valence-electron chi connectivity index (χ2n) is 7.97. The summed E-state index contributed by atoms with van der Waals surface area (Å²) in [6.45, 7) is 2.20. The van der Waals surface area contributed by atoms with E-state index in [1.165, 1.54) is 12.1 Å². The number of aromatic nitrogens is 5. The van der Waals surface area contributed by atoms with Crippen LogP contribution in [-0.4, -0.2) is 62.3 Å². The van der Waals surface area contributed by atoms with Gasteiger partial charge in [-0.05, 0) is 52.6 Å². The Bertz CT molecular complexity index is 1240. The van der Waals surface area contributed by atoms with Crippen LogP contribution in [0.1, 0.15) is 18.4 Å². The minimum absolute atomic E-state index is 0.0631. The highest BCUT2D eigenvalue weighted by Crippen LogP contribution is 2.31. The Morgan fingerprint density at radius 3 is 2.91 bits per heavy atom. The number of ether oxygens (including phenoxy) is 1. The summed E-state index contributed by atoms with van der Waals surface area (Å²) in [5.41, 5.74) is 8.14. The molecule has 0 saturated carbocycles. The van der Waals surface area contributed by atoms with Crippen LogP contribution < -0.4 is 5.73 Å². The van der Waals surface area contributed by atoms with Crippen LogP contribution in [-0.2, 0) is 9.53 Å². The molecule has 1 atom stereocenters. The SMILES string of the molecule is Nc1ncc(C2=CCN(C(=O)[C@@H]3CCOC3)CC2)cc1-c1nnnn1-c1cccc(F)c1F. The minimum atomic E-state index is -1.07. The average Bonchev–Trinajstić information content (AvgIpc) is 3.53. The number of benzene rings is 1. The van der Waals surface area contributed by atoms with E-state index in [0.29, 0.717) is 38.3 Å². The number of amides is 1. The van der Waals surface area contributed by atoms with Crippen molar-refractivity contribution < 1.29 is 18.3 Å². The van der Waals surface area contributed by atoms with Crippen molar-refractivity contribution in [3.63, 3.8) is 0 Å². The fourth-order valence-corrected chi connectivity index (χ4v) is 4.12. The van der Waals surface area contributed by atoms with Crippen molar-refractivity contribution in [1.82, 2.24) is 30.1 Å². The lowest BCUT2D eigenvalue weighted by molar-refractivity contribution is -0.135. The van der Waals surface area contributed by atoms with E-state index in [4.69, 9.17) is 10.5 Å². The third-order valence-electron chi connectivity index (χ3n) is 5.96. The summed E-state index contributed by atoms with van der Waals surface area (Å²) in [5, 5.41) is 11.4. The number of anilines is 1. The second kappa shape index (κ2) is 8.66. The summed E-state index contributed by atoms with van der Waals surface area (Å²) in [7, 11) is 0. The first-order valence-corrected chi connectivity index (χ1v) is 10.6. The molecule has 0 aliphatic carbocycles. The molecule has 2 aliphatic heterocycles. The van der Waals surface area contributed by atoms with Gasteiger partial charge >= 0.3 is 0 Å². The van der Waals surface area contributed by atoms with Crippen molar-refractivity contribution in [1.29, 1.82) is 0 Å². The summed E-state index contributed by atoms with van der Waals surface area (Å²) in [6.07, 6.45) is 5.04. The van der Waals surface area contributed by atoms with Gasteiger partial charge in [0.05, 0.1) is 18.1 Å². The summed E-state index contributed by atoms with van der Waals surface area (Å²) < 4.78 is 34.5. The van der Waals surface area contributed by atoms with E-state index in [1.54, 1.807) is 12.3 Å². The summed E-state index contributed by atoms with van der Waals surface area (Å²) in [5.74, 6) is -1.73. The molecular weight excluding hydrogens is 432 g/mol. The maximum Gasteiger partial charge on any atom is 0.228 e. The Morgan fingerprint density at radius 2 is 2.15 bits per heavy atom. The van der Waals surface area contributed by atoms with Crippen LogP contribution in [0.3, 0.4) is 0 Å². The maximum absolute atomic E-state index is 14.4. The van der Waals surface area contributed by atoms with Gasteiger partial charge in [0, 0.05) is 25.9 Å². The number of carbonyl (C=O) groups is 1. The molecule has 0 unspecified atom stereocenters. The van der Waals surface area contributed by atoms with Crippen molar-refractivity contribution in [3.8, 4) is 17.1 Å². The van der Waals surface area contributed by atoms with Gasteiger partial charge in [0.2, 0.25) is 5.91 Å². The number of carbonyl (C=O) groups excluding carboxylic acids is 1. The van der Waals surface area contributed by atoms with Gasteiger partial charge < -0.3 is 15.4 Å². The predicted octanol–water partition coefficient (Wildman–Crippen LogP) is 2.24. The normalized spacial score (nSPS) is 18.4. The smallest absolute Gasteiger partial charge is 0.228 e. The molecule has 1 amide bonds. The molecule has 170 valence electrons. The van der Waals surface area contributed by atoms with Gasteiger partial charge in [-0.1, -0.05) is 12.1 Å². The van der Waals surface area contributed by atoms with Crippen LogP contribution in [0.2, 0.25) is 0 Å². The monoisotopic (exact) mass is 453 g/mol. The molecule has 1 aromatic carbocycles. The van der Waals surface area contributed by atoms with Crippen LogP contribution in [0.15, 0.2) is 36.5 Å². The van der Waals surface area contributed by atoms with Gasteiger partial charge in [-0.15, -0.1) is 5.10 Å². The van der Waals surface area contributed by atoms with Gasteiger partial charge in [0.15, 0.2) is 17.5 Å². The van der Waals surface area contributed by atoms with Gasteiger partial charge in [-0.25, -0.2) is 13.8 Å². The molecule has 3 aromatic rings. The lowest BCUT2D eigenvalue weighted by Crippen LogP contribution is -2.39. The zero-order chi connectivity index (χ0) is 22.9. The Labute approximate surface area is 187 Å². The first-order chi connectivity index (χ1) is 16.0. The van der Waals surface area contributed by atoms with Crippen molar-refractivity contribution in [2.24, 2.45) is 5.92 Å². The van der Waals surface area contributed by atoms with E-state index in [-0.39, 0.29) is 29.2 Å². The standard InChI is InChI=1S/C22H21F2N7O2/c23-17-2-1-3-18(19(17)24)31-21(27-28-29-31)16-10-15(11-26-20(16)25)13-4-7-30(8-5-13)22(32)14-6-9-33-12-14/h1-4,10-11,14H,5-9,12H2,(H2,25,26)/t14-/m1/s1. The van der Waals surface area contributed by atoms with Crippen LogP contribution >= 0.6 is 0 Å². The van der Waals surface area contributed by atoms with Crippen LogP contribution in [0.25, 0.3) is 22.6 Å². The molecule has 2 aromatic heterocycles. The first kappa shape index (κ1) is 21.1. The van der Waals surface area contributed by atoms with E-state index >= 15 is 0 Å². The van der Waals surface area contributed by atoms with Gasteiger partial charge in [0.25, 0.3) is 0 Å². The summed E-state index contributed by atoms with van der Waals surface area (Å²) in [6, 6.07) is 5.53. The molecule has 0 spiro atoms. The van der Waals surface area contributed by atoms with Crippen LogP contribution in [0, 0.1) is 17.6 Å². The fourth-order valence-electron chi connectivity index (χ4n) is 4.12. The van der Waals surface area contributed by atoms with Crippen molar-refractivity contribution in [2.45, 2.75) is 12.8 Å². The molecule has 9 nitrogen and oxygen atoms in total. The number of hydrogen-bond donors (Lipinski definition) is 1. The number of hydrogen-bond acceptors (Lipinski definition) is 7. The van der Waals surface area contributed by atoms with Crippen LogP contribution in [0.4, 0.5) is 14.6 Å². The molecule has 33 heavy (non-hydrogen) atoms. The van der Waals surface area contributed by atoms with Crippen LogP contribution in [0.5, 0.6) is 0 Å². The Hall–Kier alpha value is -3.73.